The van der Waals surface area contributed by atoms with Crippen LogP contribution in [0.5, 0.6) is 0 Å². The normalized spacial score (nSPS) is 10.7. The molecule has 3 rings (SSSR count). The highest BCUT2D eigenvalue weighted by atomic mass is 16.6. The fourth-order valence-electron chi connectivity index (χ4n) is 2.48. The lowest BCUT2D eigenvalue weighted by Crippen LogP contribution is -2.23. The van der Waals surface area contributed by atoms with E-state index in [-0.39, 0.29) is 11.6 Å². The first kappa shape index (κ1) is 17.3. The van der Waals surface area contributed by atoms with Crippen LogP contribution in [0, 0.1) is 17.0 Å². The molecule has 0 fully saturated rings. The fourth-order valence-corrected chi connectivity index (χ4v) is 2.48. The van der Waals surface area contributed by atoms with E-state index in [1.807, 2.05) is 14.0 Å². The molecule has 1 N–H and O–H groups in total. The van der Waals surface area contributed by atoms with Gasteiger partial charge in [0.05, 0.1) is 17.7 Å². The van der Waals surface area contributed by atoms with Crippen molar-refractivity contribution in [3.05, 3.63) is 75.4 Å². The number of nitrogens with zero attached hydrogens (tertiary/aromatic N) is 5. The van der Waals surface area contributed by atoms with E-state index in [2.05, 4.69) is 15.5 Å². The number of nitrogens with one attached hydrogen (secondary N) is 1. The number of aryl methyl sites for hydroxylation is 1. The first-order valence-corrected chi connectivity index (χ1v) is 7.95. The van der Waals surface area contributed by atoms with Gasteiger partial charge >= 0.3 is 5.69 Å². The summed E-state index contributed by atoms with van der Waals surface area (Å²) in [4.78, 5) is 22.4. The maximum absolute atomic E-state index is 12.3. The van der Waals surface area contributed by atoms with E-state index >= 15 is 0 Å². The molecule has 0 aliphatic carbocycles. The van der Waals surface area contributed by atoms with Gasteiger partial charge in [-0.2, -0.15) is 10.2 Å². The zero-order chi connectivity index (χ0) is 18.7. The number of hydrogen-bond acceptors (Lipinski definition) is 5. The molecule has 2 aromatic heterocycles. The highest BCUT2D eigenvalue weighted by Gasteiger charge is 2.10. The van der Waals surface area contributed by atoms with Crippen LogP contribution in [0.25, 0.3) is 0 Å². The Morgan fingerprint density at radius 2 is 1.96 bits per heavy atom. The third kappa shape index (κ3) is 3.77. The van der Waals surface area contributed by atoms with Crippen molar-refractivity contribution in [2.24, 2.45) is 7.05 Å². The molecule has 2 heterocycles. The lowest BCUT2D eigenvalue weighted by molar-refractivity contribution is -0.385. The van der Waals surface area contributed by atoms with E-state index in [9.17, 15) is 14.9 Å². The third-order valence-corrected chi connectivity index (χ3v) is 4.17. The minimum atomic E-state index is -0.485. The number of carbonyl (C=O) groups is 1. The zero-order valence-corrected chi connectivity index (χ0v) is 14.4. The van der Waals surface area contributed by atoms with Crippen molar-refractivity contribution in [3.63, 3.8) is 0 Å². The fraction of sp³-hybridized carbons (Fsp3) is 0.235. The van der Waals surface area contributed by atoms with Crippen molar-refractivity contribution in [1.29, 1.82) is 0 Å². The molecule has 26 heavy (non-hydrogen) atoms. The average Bonchev–Trinajstić information content (AvgIpc) is 3.22. The van der Waals surface area contributed by atoms with Crippen LogP contribution in [0.15, 0.2) is 42.9 Å². The Labute approximate surface area is 149 Å². The minimum absolute atomic E-state index is 0.0494. The topological polar surface area (TPSA) is 108 Å². The van der Waals surface area contributed by atoms with Gasteiger partial charge in [0.15, 0.2) is 0 Å². The van der Waals surface area contributed by atoms with Gasteiger partial charge in [-0.1, -0.05) is 12.1 Å². The van der Waals surface area contributed by atoms with Gasteiger partial charge in [0, 0.05) is 30.4 Å². The maximum atomic E-state index is 12.3. The highest BCUT2D eigenvalue weighted by Crippen LogP contribution is 2.11. The van der Waals surface area contributed by atoms with E-state index in [1.165, 1.54) is 17.1 Å². The van der Waals surface area contributed by atoms with Gasteiger partial charge < -0.3 is 5.32 Å². The van der Waals surface area contributed by atoms with Gasteiger partial charge in [-0.05, 0) is 24.6 Å². The van der Waals surface area contributed by atoms with Crippen LogP contribution in [0.4, 0.5) is 5.69 Å². The average molecular weight is 354 g/mol. The number of nitro groups is 1. The van der Waals surface area contributed by atoms with Crippen molar-refractivity contribution in [2.45, 2.75) is 20.0 Å². The number of hydrogen-bond donors (Lipinski definition) is 1. The predicted molar refractivity (Wildman–Crippen MR) is 93.5 cm³/mol. The smallest absolute Gasteiger partial charge is 0.307 e. The van der Waals surface area contributed by atoms with Crippen molar-refractivity contribution < 1.29 is 9.72 Å². The molecule has 0 atom stereocenters. The molecular weight excluding hydrogens is 336 g/mol. The molecule has 9 nitrogen and oxygen atoms in total. The molecule has 0 saturated carbocycles. The lowest BCUT2D eigenvalue weighted by atomic mass is 10.1. The molecule has 9 heteroatoms. The minimum Gasteiger partial charge on any atom is -0.348 e. The van der Waals surface area contributed by atoms with E-state index in [1.54, 1.807) is 35.1 Å². The summed E-state index contributed by atoms with van der Waals surface area (Å²) in [5, 5.41) is 21.6. The lowest BCUT2D eigenvalue weighted by Gasteiger charge is -2.06. The van der Waals surface area contributed by atoms with E-state index in [4.69, 9.17) is 0 Å². The van der Waals surface area contributed by atoms with Crippen LogP contribution in [-0.2, 0) is 20.1 Å². The molecule has 0 aliphatic rings. The van der Waals surface area contributed by atoms with Crippen LogP contribution < -0.4 is 5.32 Å². The second-order valence-electron chi connectivity index (χ2n) is 5.91. The second-order valence-corrected chi connectivity index (χ2v) is 5.91. The summed E-state index contributed by atoms with van der Waals surface area (Å²) < 4.78 is 3.24. The maximum Gasteiger partial charge on any atom is 0.307 e. The second kappa shape index (κ2) is 7.18. The molecule has 0 aliphatic heterocycles. The summed E-state index contributed by atoms with van der Waals surface area (Å²) in [6, 6.07) is 7.05. The van der Waals surface area contributed by atoms with E-state index in [0.717, 1.165) is 16.8 Å². The van der Waals surface area contributed by atoms with Crippen molar-refractivity contribution in [1.82, 2.24) is 24.9 Å². The van der Waals surface area contributed by atoms with Crippen LogP contribution >= 0.6 is 0 Å². The van der Waals surface area contributed by atoms with Gasteiger partial charge in [0.1, 0.15) is 12.4 Å². The quantitative estimate of drug-likeness (QED) is 0.536. The van der Waals surface area contributed by atoms with Crippen molar-refractivity contribution >= 4 is 11.6 Å². The van der Waals surface area contributed by atoms with Crippen molar-refractivity contribution in [2.75, 3.05) is 0 Å². The number of carbonyl (C=O) groups excluding carboxylic acids is 1. The molecule has 0 saturated heterocycles. The summed E-state index contributed by atoms with van der Waals surface area (Å²) in [7, 11) is 1.85. The van der Waals surface area contributed by atoms with E-state index in [0.29, 0.717) is 18.7 Å². The number of amides is 1. The predicted octanol–water partition coefficient (Wildman–Crippen LogP) is 1.81. The molecule has 1 aromatic carbocycles. The van der Waals surface area contributed by atoms with Gasteiger partial charge in [-0.15, -0.1) is 0 Å². The van der Waals surface area contributed by atoms with Gasteiger partial charge in [0.2, 0.25) is 0 Å². The highest BCUT2D eigenvalue weighted by molar-refractivity contribution is 5.94. The molecule has 3 aromatic rings. The number of benzene rings is 1. The zero-order valence-electron chi connectivity index (χ0n) is 14.4. The van der Waals surface area contributed by atoms with Crippen LogP contribution in [-0.4, -0.2) is 30.4 Å². The Morgan fingerprint density at radius 3 is 2.54 bits per heavy atom. The van der Waals surface area contributed by atoms with Crippen LogP contribution in [0.3, 0.4) is 0 Å². The first-order valence-electron chi connectivity index (χ1n) is 7.95. The molecule has 0 unspecified atom stereocenters. The first-order chi connectivity index (χ1) is 12.4. The number of aromatic nitrogens is 4. The van der Waals surface area contributed by atoms with Gasteiger partial charge in [-0.25, -0.2) is 0 Å². The van der Waals surface area contributed by atoms with Gasteiger partial charge in [0.25, 0.3) is 5.91 Å². The summed E-state index contributed by atoms with van der Waals surface area (Å²) in [5.41, 5.74) is 3.36. The van der Waals surface area contributed by atoms with Crippen LogP contribution in [0.1, 0.15) is 27.2 Å². The monoisotopic (exact) mass is 354 g/mol. The Morgan fingerprint density at radius 1 is 1.23 bits per heavy atom. The van der Waals surface area contributed by atoms with Crippen LogP contribution in [0.2, 0.25) is 0 Å². The Bertz CT molecular complexity index is 942. The molecule has 0 bridgehead atoms. The summed E-state index contributed by atoms with van der Waals surface area (Å²) in [6.07, 6.45) is 4.32. The SMILES string of the molecule is Cc1c(CNC(=O)c2ccc(Cn3cc([N+](=O)[O-])cn3)cc2)cnn1C. The summed E-state index contributed by atoms with van der Waals surface area (Å²) in [6.45, 7) is 2.75. The number of rotatable bonds is 6. The largest absolute Gasteiger partial charge is 0.348 e. The summed E-state index contributed by atoms with van der Waals surface area (Å²) >= 11 is 0. The molecule has 134 valence electrons. The Hall–Kier alpha value is -3.49. The summed E-state index contributed by atoms with van der Waals surface area (Å²) in [5.74, 6) is -0.172. The van der Waals surface area contributed by atoms with E-state index < -0.39 is 4.92 Å². The third-order valence-electron chi connectivity index (χ3n) is 4.17. The van der Waals surface area contributed by atoms with Gasteiger partial charge in [-0.3, -0.25) is 24.3 Å². The molecule has 0 radical (unpaired) electrons. The molecular formula is C17H18N6O3. The van der Waals surface area contributed by atoms with Crippen molar-refractivity contribution in [3.8, 4) is 0 Å². The molecule has 1 amide bonds. The molecule has 0 spiro atoms. The Balaban J connectivity index is 1.60. The standard InChI is InChI=1S/C17H18N6O3/c1-12-15(8-19-21(12)2)7-18-17(24)14-5-3-13(4-6-14)10-22-11-16(9-20-22)23(25)26/h3-6,8-9,11H,7,10H2,1-2H3,(H,18,24). The Kier molecular flexibility index (Phi) is 4.78.